The molecular formula is C16H20N4O3. The molecule has 1 aliphatic rings. The third-order valence-corrected chi connectivity index (χ3v) is 4.22. The van der Waals surface area contributed by atoms with E-state index in [1.54, 1.807) is 30.5 Å². The number of nitrogens with zero attached hydrogens (tertiary/aromatic N) is 3. The fraction of sp³-hybridized carbons (Fsp3) is 0.438. The van der Waals surface area contributed by atoms with Gasteiger partial charge in [-0.1, -0.05) is 0 Å². The first kappa shape index (κ1) is 15.6. The number of rotatable bonds is 5. The van der Waals surface area contributed by atoms with Gasteiger partial charge in [0.1, 0.15) is 5.69 Å². The van der Waals surface area contributed by atoms with E-state index in [1.165, 1.54) is 0 Å². The number of fused-ring (bicyclic) bond motifs is 1. The lowest BCUT2D eigenvalue weighted by Crippen LogP contribution is -2.43. The number of anilines is 1. The number of pyridine rings is 1. The first-order valence-corrected chi connectivity index (χ1v) is 7.81. The van der Waals surface area contributed by atoms with Crippen molar-refractivity contribution in [2.24, 2.45) is 0 Å². The second kappa shape index (κ2) is 6.89. The van der Waals surface area contributed by atoms with Crippen LogP contribution in [0.1, 0.15) is 12.8 Å². The Morgan fingerprint density at radius 2 is 2.30 bits per heavy atom. The van der Waals surface area contributed by atoms with Gasteiger partial charge in [0.05, 0.1) is 22.4 Å². The molecule has 1 unspecified atom stereocenters. The summed E-state index contributed by atoms with van der Waals surface area (Å²) in [7, 11) is 0. The van der Waals surface area contributed by atoms with Gasteiger partial charge < -0.3 is 10.4 Å². The number of nitro groups is 1. The molecule has 1 atom stereocenters. The van der Waals surface area contributed by atoms with Crippen molar-refractivity contribution < 1.29 is 10.0 Å². The van der Waals surface area contributed by atoms with Crippen LogP contribution in [-0.4, -0.2) is 52.2 Å². The topological polar surface area (TPSA) is 91.5 Å². The van der Waals surface area contributed by atoms with Gasteiger partial charge in [0, 0.05) is 25.3 Å². The Kier molecular flexibility index (Phi) is 4.68. The summed E-state index contributed by atoms with van der Waals surface area (Å²) < 4.78 is 0. The average Bonchev–Trinajstić information content (AvgIpc) is 2.55. The van der Waals surface area contributed by atoms with Crippen molar-refractivity contribution in [3.8, 4) is 0 Å². The van der Waals surface area contributed by atoms with E-state index in [0.29, 0.717) is 23.1 Å². The largest absolute Gasteiger partial charge is 0.395 e. The van der Waals surface area contributed by atoms with Gasteiger partial charge in [0.25, 0.3) is 0 Å². The number of piperidine rings is 1. The van der Waals surface area contributed by atoms with Gasteiger partial charge >= 0.3 is 5.69 Å². The lowest BCUT2D eigenvalue weighted by Gasteiger charge is -2.33. The number of nitrogens with one attached hydrogen (secondary N) is 1. The second-order valence-corrected chi connectivity index (χ2v) is 5.80. The summed E-state index contributed by atoms with van der Waals surface area (Å²) in [4.78, 5) is 17.5. The number of nitro benzene ring substituents is 1. The van der Waals surface area contributed by atoms with E-state index in [-0.39, 0.29) is 23.3 Å². The highest BCUT2D eigenvalue weighted by Crippen LogP contribution is 2.33. The van der Waals surface area contributed by atoms with Crippen LogP contribution in [0.3, 0.4) is 0 Å². The number of hydrogen-bond acceptors (Lipinski definition) is 6. The highest BCUT2D eigenvalue weighted by atomic mass is 16.6. The van der Waals surface area contributed by atoms with E-state index in [4.69, 9.17) is 5.11 Å². The fourth-order valence-corrected chi connectivity index (χ4v) is 3.19. The maximum atomic E-state index is 11.5. The molecule has 1 aromatic heterocycles. The quantitative estimate of drug-likeness (QED) is 0.647. The molecule has 1 aromatic carbocycles. The van der Waals surface area contributed by atoms with Gasteiger partial charge in [-0.15, -0.1) is 0 Å². The molecule has 23 heavy (non-hydrogen) atoms. The molecular weight excluding hydrogens is 296 g/mol. The van der Waals surface area contributed by atoms with Crippen LogP contribution >= 0.6 is 0 Å². The maximum absolute atomic E-state index is 11.5. The van der Waals surface area contributed by atoms with Crippen molar-refractivity contribution in [1.82, 2.24) is 9.88 Å². The summed E-state index contributed by atoms with van der Waals surface area (Å²) in [6, 6.07) is 7.12. The third kappa shape index (κ3) is 3.40. The van der Waals surface area contributed by atoms with Gasteiger partial charge in [0.15, 0.2) is 0 Å². The number of aromatic nitrogens is 1. The van der Waals surface area contributed by atoms with Crippen molar-refractivity contribution in [2.45, 2.75) is 18.9 Å². The Morgan fingerprint density at radius 1 is 1.43 bits per heavy atom. The van der Waals surface area contributed by atoms with Crippen LogP contribution in [0.25, 0.3) is 10.9 Å². The molecule has 2 N–H and O–H groups in total. The number of benzene rings is 1. The molecule has 0 spiro atoms. The monoisotopic (exact) mass is 316 g/mol. The minimum Gasteiger partial charge on any atom is -0.395 e. The summed E-state index contributed by atoms with van der Waals surface area (Å²) in [6.07, 6.45) is 3.61. The van der Waals surface area contributed by atoms with Gasteiger partial charge in [-0.2, -0.15) is 0 Å². The normalized spacial score (nSPS) is 18.9. The summed E-state index contributed by atoms with van der Waals surface area (Å²) in [5, 5.41) is 24.5. The highest BCUT2D eigenvalue weighted by molar-refractivity contribution is 5.94. The summed E-state index contributed by atoms with van der Waals surface area (Å²) in [5.74, 6) is 0. The van der Waals surface area contributed by atoms with Crippen LogP contribution < -0.4 is 5.32 Å². The molecule has 7 heteroatoms. The van der Waals surface area contributed by atoms with Crippen molar-refractivity contribution in [1.29, 1.82) is 0 Å². The van der Waals surface area contributed by atoms with Crippen LogP contribution in [0.15, 0.2) is 30.5 Å². The van der Waals surface area contributed by atoms with Crippen LogP contribution in [0.4, 0.5) is 11.4 Å². The Morgan fingerprint density at radius 3 is 3.09 bits per heavy atom. The van der Waals surface area contributed by atoms with Gasteiger partial charge in [-0.3, -0.25) is 20.0 Å². The minimum absolute atomic E-state index is 0.0786. The molecule has 0 bridgehead atoms. The smallest absolute Gasteiger partial charge is 0.301 e. The summed E-state index contributed by atoms with van der Waals surface area (Å²) in [6.45, 7) is 2.52. The average molecular weight is 316 g/mol. The van der Waals surface area contributed by atoms with E-state index >= 15 is 0 Å². The molecule has 0 radical (unpaired) electrons. The van der Waals surface area contributed by atoms with Crippen LogP contribution in [0.5, 0.6) is 0 Å². The number of hydrogen-bond donors (Lipinski definition) is 2. The number of aliphatic hydroxyl groups is 1. The molecule has 122 valence electrons. The number of likely N-dealkylation sites (tertiary alicyclic amines) is 1. The molecule has 1 fully saturated rings. The number of aliphatic hydroxyl groups excluding tert-OH is 1. The summed E-state index contributed by atoms with van der Waals surface area (Å²) >= 11 is 0. The first-order valence-electron chi connectivity index (χ1n) is 7.81. The van der Waals surface area contributed by atoms with E-state index in [0.717, 1.165) is 25.9 Å². The molecule has 2 heterocycles. The SMILES string of the molecule is O=[N+]([O-])c1c(NC2CCCN(CCO)C2)ccc2ncccc12. The predicted octanol–water partition coefficient (Wildman–Crippen LogP) is 2.01. The third-order valence-electron chi connectivity index (χ3n) is 4.22. The van der Waals surface area contributed by atoms with Gasteiger partial charge in [0.2, 0.25) is 0 Å². The zero-order chi connectivity index (χ0) is 16.2. The Hall–Kier alpha value is -2.25. The Bertz CT molecular complexity index is 705. The van der Waals surface area contributed by atoms with Crippen LogP contribution in [-0.2, 0) is 0 Å². The van der Waals surface area contributed by atoms with E-state index < -0.39 is 0 Å². The van der Waals surface area contributed by atoms with E-state index in [2.05, 4.69) is 15.2 Å². The van der Waals surface area contributed by atoms with Crippen molar-refractivity contribution >= 4 is 22.3 Å². The fourth-order valence-electron chi connectivity index (χ4n) is 3.19. The van der Waals surface area contributed by atoms with Gasteiger partial charge in [-0.05, 0) is 43.7 Å². The predicted molar refractivity (Wildman–Crippen MR) is 88.6 cm³/mol. The lowest BCUT2D eigenvalue weighted by molar-refractivity contribution is -0.382. The highest BCUT2D eigenvalue weighted by Gasteiger charge is 2.24. The lowest BCUT2D eigenvalue weighted by atomic mass is 10.0. The van der Waals surface area contributed by atoms with E-state index in [9.17, 15) is 10.1 Å². The molecule has 2 aromatic rings. The Balaban J connectivity index is 1.87. The van der Waals surface area contributed by atoms with Crippen molar-refractivity contribution in [3.05, 3.63) is 40.6 Å². The minimum atomic E-state index is -0.347. The van der Waals surface area contributed by atoms with Gasteiger partial charge in [-0.25, -0.2) is 0 Å². The number of β-amino-alcohol motifs (C(OH)–C–C–N with tert-alkyl or cyclic N) is 1. The standard InChI is InChI=1S/C16H20N4O3/c21-10-9-19-8-2-3-12(11-19)18-15-6-5-14-13(4-1-7-17-14)16(15)20(22)23/h1,4-7,12,18,21H,2-3,8-11H2. The molecule has 3 rings (SSSR count). The molecule has 0 aliphatic carbocycles. The zero-order valence-corrected chi connectivity index (χ0v) is 12.8. The van der Waals surface area contributed by atoms with Crippen molar-refractivity contribution in [3.63, 3.8) is 0 Å². The zero-order valence-electron chi connectivity index (χ0n) is 12.8. The maximum Gasteiger partial charge on any atom is 0.301 e. The molecule has 1 saturated heterocycles. The summed E-state index contributed by atoms with van der Waals surface area (Å²) in [5.41, 5.74) is 1.23. The molecule has 7 nitrogen and oxygen atoms in total. The van der Waals surface area contributed by atoms with Crippen molar-refractivity contribution in [2.75, 3.05) is 31.6 Å². The first-order chi connectivity index (χ1) is 11.2. The molecule has 0 saturated carbocycles. The van der Waals surface area contributed by atoms with Crippen LogP contribution in [0, 0.1) is 10.1 Å². The molecule has 0 amide bonds. The molecule has 1 aliphatic heterocycles. The Labute approximate surface area is 134 Å². The second-order valence-electron chi connectivity index (χ2n) is 5.80. The van der Waals surface area contributed by atoms with Crippen LogP contribution in [0.2, 0.25) is 0 Å². The van der Waals surface area contributed by atoms with E-state index in [1.807, 2.05) is 0 Å².